The van der Waals surface area contributed by atoms with Crippen LogP contribution in [-0.4, -0.2) is 37.3 Å². The van der Waals surface area contributed by atoms with Gasteiger partial charge in [0, 0.05) is 23.8 Å². The number of nitrogens with two attached hydrogens (primary N) is 1. The molecule has 10 heteroatoms. The molecule has 0 saturated heterocycles. The molecule has 43 heavy (non-hydrogen) atoms. The van der Waals surface area contributed by atoms with Crippen LogP contribution in [0.5, 0.6) is 11.5 Å². The molecule has 1 fully saturated rings. The summed E-state index contributed by atoms with van der Waals surface area (Å²) >= 11 is 0. The predicted octanol–water partition coefficient (Wildman–Crippen LogP) is 5.80. The third-order valence-electron chi connectivity index (χ3n) is 7.56. The summed E-state index contributed by atoms with van der Waals surface area (Å²) in [6.45, 7) is 6.25. The van der Waals surface area contributed by atoms with E-state index in [0.29, 0.717) is 53.6 Å². The van der Waals surface area contributed by atoms with E-state index >= 15 is 0 Å². The van der Waals surface area contributed by atoms with Gasteiger partial charge in [0.05, 0.1) is 22.9 Å². The molecule has 0 unspecified atom stereocenters. The minimum absolute atomic E-state index is 0.0573. The van der Waals surface area contributed by atoms with Crippen LogP contribution in [0.15, 0.2) is 77.8 Å². The van der Waals surface area contributed by atoms with Crippen molar-refractivity contribution >= 4 is 38.0 Å². The zero-order valence-electron chi connectivity index (χ0n) is 24.7. The first kappa shape index (κ1) is 30.2. The van der Waals surface area contributed by atoms with E-state index in [4.69, 9.17) is 15.2 Å². The van der Waals surface area contributed by atoms with Crippen molar-refractivity contribution in [3.8, 4) is 11.5 Å². The summed E-state index contributed by atoms with van der Waals surface area (Å²) in [7, 11) is -3.47. The Labute approximate surface area is 252 Å². The van der Waals surface area contributed by atoms with Crippen LogP contribution in [0, 0.1) is 0 Å². The fourth-order valence-electron chi connectivity index (χ4n) is 5.15. The first-order chi connectivity index (χ1) is 20.7. The molecule has 4 aromatic rings. The van der Waals surface area contributed by atoms with Crippen molar-refractivity contribution in [2.75, 3.05) is 17.7 Å². The third kappa shape index (κ3) is 6.69. The van der Waals surface area contributed by atoms with Crippen LogP contribution in [0.4, 0.5) is 11.5 Å². The summed E-state index contributed by atoms with van der Waals surface area (Å²) in [5, 5.41) is 7.68. The molecule has 0 aliphatic heterocycles. The quantitative estimate of drug-likeness (QED) is 0.185. The number of benzene rings is 3. The lowest BCUT2D eigenvalue weighted by atomic mass is 10.00. The van der Waals surface area contributed by atoms with Crippen LogP contribution < -0.4 is 25.8 Å². The first-order valence-electron chi connectivity index (χ1n) is 14.6. The van der Waals surface area contributed by atoms with Crippen molar-refractivity contribution in [2.24, 2.45) is 0 Å². The van der Waals surface area contributed by atoms with Gasteiger partial charge >= 0.3 is 0 Å². The van der Waals surface area contributed by atoms with Gasteiger partial charge in [-0.3, -0.25) is 4.79 Å². The second-order valence-corrected chi connectivity index (χ2v) is 13.1. The van der Waals surface area contributed by atoms with Gasteiger partial charge in [0.15, 0.2) is 21.3 Å². The van der Waals surface area contributed by atoms with Crippen LogP contribution in [0.2, 0.25) is 0 Å². The SMILES string of the molecule is CCOc1cc([C@H](Nc2ccc3c(N)nccc3c2)C(=O)NCc2ccccc2S(=O)(=O)C2CCC2)ccc1OC(C)C. The molecule has 1 saturated carbocycles. The number of sulfone groups is 1. The van der Waals surface area contributed by atoms with Gasteiger partial charge in [0.2, 0.25) is 5.91 Å². The molecule has 1 amide bonds. The molecule has 1 aromatic heterocycles. The Hall–Kier alpha value is -4.31. The summed E-state index contributed by atoms with van der Waals surface area (Å²) in [5.41, 5.74) is 7.96. The highest BCUT2D eigenvalue weighted by Gasteiger charge is 2.34. The topological polar surface area (TPSA) is 133 Å². The number of ether oxygens (including phenoxy) is 2. The number of aromatic nitrogens is 1. The zero-order chi connectivity index (χ0) is 30.6. The fraction of sp³-hybridized carbons (Fsp3) is 0.333. The number of nitrogens with one attached hydrogen (secondary N) is 2. The second kappa shape index (κ2) is 12.9. The molecule has 5 rings (SSSR count). The highest BCUT2D eigenvalue weighted by molar-refractivity contribution is 7.92. The maximum atomic E-state index is 13.9. The molecule has 3 aromatic carbocycles. The Morgan fingerprint density at radius 3 is 2.56 bits per heavy atom. The Morgan fingerprint density at radius 1 is 1.05 bits per heavy atom. The smallest absolute Gasteiger partial charge is 0.247 e. The Balaban J connectivity index is 1.46. The molecular formula is C33H38N4O5S. The van der Waals surface area contributed by atoms with Gasteiger partial charge in [-0.2, -0.15) is 0 Å². The van der Waals surface area contributed by atoms with Crippen molar-refractivity contribution in [2.45, 2.75) is 68.9 Å². The molecule has 0 spiro atoms. The van der Waals surface area contributed by atoms with Crippen LogP contribution >= 0.6 is 0 Å². The number of anilines is 2. The van der Waals surface area contributed by atoms with E-state index in [1.54, 1.807) is 42.6 Å². The normalized spacial score (nSPS) is 14.2. The Kier molecular flexibility index (Phi) is 9.05. The number of fused-ring (bicyclic) bond motifs is 1. The van der Waals surface area contributed by atoms with Crippen molar-refractivity contribution in [3.05, 3.63) is 84.1 Å². The Bertz CT molecular complexity index is 1720. The lowest BCUT2D eigenvalue weighted by Crippen LogP contribution is -2.34. The van der Waals surface area contributed by atoms with Gasteiger partial charge in [-0.15, -0.1) is 0 Å². The number of rotatable bonds is 12. The lowest BCUT2D eigenvalue weighted by molar-refractivity contribution is -0.122. The summed E-state index contributed by atoms with van der Waals surface area (Å²) < 4.78 is 38.3. The summed E-state index contributed by atoms with van der Waals surface area (Å²) in [4.78, 5) is 18.3. The second-order valence-electron chi connectivity index (χ2n) is 10.9. The number of amides is 1. The van der Waals surface area contributed by atoms with E-state index in [9.17, 15) is 13.2 Å². The molecule has 1 heterocycles. The van der Waals surface area contributed by atoms with Gasteiger partial charge in [0.25, 0.3) is 0 Å². The van der Waals surface area contributed by atoms with Crippen molar-refractivity contribution in [3.63, 3.8) is 0 Å². The molecule has 1 aliphatic rings. The number of hydrogen-bond acceptors (Lipinski definition) is 8. The molecule has 226 valence electrons. The van der Waals surface area contributed by atoms with E-state index in [-0.39, 0.29) is 28.7 Å². The zero-order valence-corrected chi connectivity index (χ0v) is 25.5. The Morgan fingerprint density at radius 2 is 1.84 bits per heavy atom. The monoisotopic (exact) mass is 602 g/mol. The van der Waals surface area contributed by atoms with Crippen molar-refractivity contribution in [1.29, 1.82) is 0 Å². The number of nitrogens with zero attached hydrogens (tertiary/aromatic N) is 1. The number of carbonyl (C=O) groups excluding carboxylic acids is 1. The van der Waals surface area contributed by atoms with E-state index < -0.39 is 15.9 Å². The van der Waals surface area contributed by atoms with Gasteiger partial charge in [-0.1, -0.05) is 30.7 Å². The van der Waals surface area contributed by atoms with Gasteiger partial charge in [0.1, 0.15) is 11.9 Å². The summed E-state index contributed by atoms with van der Waals surface area (Å²) in [6, 6.07) is 19.0. The minimum Gasteiger partial charge on any atom is -0.490 e. The van der Waals surface area contributed by atoms with Gasteiger partial charge in [-0.05, 0) is 92.6 Å². The number of nitrogen functional groups attached to an aromatic ring is 1. The average Bonchev–Trinajstić information content (AvgIpc) is 2.94. The predicted molar refractivity (Wildman–Crippen MR) is 169 cm³/mol. The first-order valence-corrected chi connectivity index (χ1v) is 16.2. The maximum absolute atomic E-state index is 13.9. The van der Waals surface area contributed by atoms with Crippen LogP contribution in [0.25, 0.3) is 10.8 Å². The standard InChI is InChI=1S/C33H38N4O5S/c1-4-41-29-19-23(12-15-28(29)42-21(2)3)31(37-25-13-14-27-22(18-25)16-17-35-32(27)34)33(38)36-20-24-8-5-6-11-30(24)43(39,40)26-9-7-10-26/h5-6,8,11-19,21,26,31,37H,4,7,9-10,20H2,1-3H3,(H2,34,35)(H,36,38)/t31-/m0/s1. The molecule has 0 radical (unpaired) electrons. The van der Waals surface area contributed by atoms with E-state index in [2.05, 4.69) is 15.6 Å². The fourth-order valence-corrected chi connectivity index (χ4v) is 7.24. The van der Waals surface area contributed by atoms with E-state index in [0.717, 1.165) is 17.2 Å². The van der Waals surface area contributed by atoms with Crippen molar-refractivity contribution < 1.29 is 22.7 Å². The maximum Gasteiger partial charge on any atom is 0.247 e. The van der Waals surface area contributed by atoms with Crippen LogP contribution in [-0.2, 0) is 21.2 Å². The van der Waals surface area contributed by atoms with Crippen LogP contribution in [0.1, 0.15) is 57.2 Å². The largest absolute Gasteiger partial charge is 0.490 e. The summed E-state index contributed by atoms with van der Waals surface area (Å²) in [6.07, 6.45) is 3.84. The number of carbonyl (C=O) groups is 1. The molecule has 0 bridgehead atoms. The van der Waals surface area contributed by atoms with Crippen molar-refractivity contribution in [1.82, 2.24) is 10.3 Å². The molecule has 9 nitrogen and oxygen atoms in total. The van der Waals surface area contributed by atoms with E-state index in [1.165, 1.54) is 0 Å². The number of hydrogen-bond donors (Lipinski definition) is 3. The minimum atomic E-state index is -3.47. The summed E-state index contributed by atoms with van der Waals surface area (Å²) in [5.74, 6) is 1.22. The molecule has 4 N–H and O–H groups in total. The molecule has 1 atom stereocenters. The van der Waals surface area contributed by atoms with E-state index in [1.807, 2.05) is 51.1 Å². The van der Waals surface area contributed by atoms with Gasteiger partial charge < -0.3 is 25.8 Å². The lowest BCUT2D eigenvalue weighted by Gasteiger charge is -2.26. The highest BCUT2D eigenvalue weighted by atomic mass is 32.2. The highest BCUT2D eigenvalue weighted by Crippen LogP contribution is 2.35. The average molecular weight is 603 g/mol. The third-order valence-corrected chi connectivity index (χ3v) is 9.92. The van der Waals surface area contributed by atoms with Crippen LogP contribution in [0.3, 0.4) is 0 Å². The molecule has 1 aliphatic carbocycles. The molecular weight excluding hydrogens is 564 g/mol. The van der Waals surface area contributed by atoms with Gasteiger partial charge in [-0.25, -0.2) is 13.4 Å². The number of pyridine rings is 1.